The fraction of sp³-hybridized carbons (Fsp3) is 0.429. The van der Waals surface area contributed by atoms with E-state index in [9.17, 15) is 18.0 Å². The Kier molecular flexibility index (Phi) is 6.07. The van der Waals surface area contributed by atoms with Crippen LogP contribution in [0.15, 0.2) is 29.2 Å². The fourth-order valence-electron chi connectivity index (χ4n) is 2.03. The minimum atomic E-state index is -3.88. The molecule has 0 unspecified atom stereocenters. The maximum absolute atomic E-state index is 12.1. The summed E-state index contributed by atoms with van der Waals surface area (Å²) in [6, 6.07) is 6.05. The molecule has 7 nitrogen and oxygen atoms in total. The van der Waals surface area contributed by atoms with Crippen LogP contribution < -0.4 is 4.72 Å². The topological polar surface area (TPSA) is 121 Å². The number of sulfonamides is 1. The number of carboxylic acid groups (broad SMARTS) is 2. The summed E-state index contributed by atoms with van der Waals surface area (Å²) < 4.78 is 26.4. The molecule has 0 aliphatic rings. The number of nitrogens with one attached hydrogen (secondary N) is 1. The lowest BCUT2D eigenvalue weighted by molar-refractivity contribution is -0.153. The molecule has 0 saturated heterocycles. The van der Waals surface area contributed by atoms with E-state index < -0.39 is 40.3 Å². The molecule has 0 bridgehead atoms. The zero-order valence-electron chi connectivity index (χ0n) is 12.3. The Morgan fingerprint density at radius 1 is 1.09 bits per heavy atom. The van der Waals surface area contributed by atoms with Gasteiger partial charge in [0.1, 0.15) is 0 Å². The summed E-state index contributed by atoms with van der Waals surface area (Å²) in [6.07, 6.45) is 0.0958. The lowest BCUT2D eigenvalue weighted by Crippen LogP contribution is -2.39. The zero-order valence-corrected chi connectivity index (χ0v) is 13.1. The van der Waals surface area contributed by atoms with Crippen molar-refractivity contribution >= 4 is 22.0 Å². The van der Waals surface area contributed by atoms with Crippen molar-refractivity contribution in [1.29, 1.82) is 0 Å². The van der Waals surface area contributed by atoms with E-state index in [0.717, 1.165) is 5.56 Å². The van der Waals surface area contributed by atoms with Crippen molar-refractivity contribution in [2.75, 3.05) is 6.54 Å². The molecule has 0 aliphatic carbocycles. The Labute approximate surface area is 129 Å². The Bertz CT molecular complexity index is 638. The van der Waals surface area contributed by atoms with E-state index >= 15 is 0 Å². The van der Waals surface area contributed by atoms with Crippen molar-refractivity contribution in [3.8, 4) is 0 Å². The summed E-state index contributed by atoms with van der Waals surface area (Å²) in [5, 5.41) is 18.2. The van der Waals surface area contributed by atoms with Crippen LogP contribution in [-0.4, -0.2) is 37.1 Å². The number of carboxylic acids is 2. The van der Waals surface area contributed by atoms with Crippen LogP contribution >= 0.6 is 0 Å². The van der Waals surface area contributed by atoms with Crippen LogP contribution in [0.25, 0.3) is 0 Å². The molecule has 1 aromatic carbocycles. The van der Waals surface area contributed by atoms with Crippen molar-refractivity contribution in [2.24, 2.45) is 11.8 Å². The Morgan fingerprint density at radius 2 is 1.59 bits per heavy atom. The number of rotatable bonds is 8. The first-order valence-corrected chi connectivity index (χ1v) is 8.19. The highest BCUT2D eigenvalue weighted by Crippen LogP contribution is 2.18. The van der Waals surface area contributed by atoms with Crippen LogP contribution in [-0.2, 0) is 19.6 Å². The van der Waals surface area contributed by atoms with Gasteiger partial charge in [0.15, 0.2) is 0 Å². The molecule has 1 aromatic rings. The summed E-state index contributed by atoms with van der Waals surface area (Å²) in [5.41, 5.74) is 0.888. The molecule has 0 saturated carbocycles. The molecular formula is C14H19NO6S. The Hall–Kier alpha value is -1.93. The van der Waals surface area contributed by atoms with E-state index in [1.165, 1.54) is 12.1 Å². The van der Waals surface area contributed by atoms with Crippen molar-refractivity contribution in [3.05, 3.63) is 29.8 Å². The Morgan fingerprint density at radius 3 is 2.00 bits per heavy atom. The number of hydrogen-bond donors (Lipinski definition) is 3. The molecule has 122 valence electrons. The van der Waals surface area contributed by atoms with E-state index in [4.69, 9.17) is 10.2 Å². The van der Waals surface area contributed by atoms with Crippen LogP contribution in [0, 0.1) is 18.8 Å². The maximum atomic E-state index is 12.1. The van der Waals surface area contributed by atoms with Crippen molar-refractivity contribution in [2.45, 2.75) is 25.2 Å². The van der Waals surface area contributed by atoms with Crippen molar-refractivity contribution in [3.63, 3.8) is 0 Å². The highest BCUT2D eigenvalue weighted by atomic mass is 32.2. The van der Waals surface area contributed by atoms with Crippen LogP contribution in [0.2, 0.25) is 0 Å². The normalized spacial score (nSPS) is 14.3. The number of carbonyl (C=O) groups is 2. The molecule has 0 aliphatic heterocycles. The van der Waals surface area contributed by atoms with Gasteiger partial charge in [0.2, 0.25) is 10.0 Å². The van der Waals surface area contributed by atoms with Gasteiger partial charge < -0.3 is 10.2 Å². The van der Waals surface area contributed by atoms with Gasteiger partial charge in [-0.3, -0.25) is 9.59 Å². The van der Waals surface area contributed by atoms with E-state index in [1.54, 1.807) is 19.1 Å². The molecule has 2 atom stereocenters. The molecule has 1 rings (SSSR count). The lowest BCUT2D eigenvalue weighted by Gasteiger charge is -2.19. The number of aryl methyl sites for hydroxylation is 1. The second-order valence-corrected chi connectivity index (χ2v) is 6.73. The number of aliphatic carboxylic acids is 2. The molecule has 0 heterocycles. The van der Waals surface area contributed by atoms with Crippen molar-refractivity contribution < 1.29 is 28.2 Å². The summed E-state index contributed by atoms with van der Waals surface area (Å²) in [4.78, 5) is 22.3. The molecule has 8 heteroatoms. The molecule has 0 amide bonds. The molecule has 0 spiro atoms. The second-order valence-electron chi connectivity index (χ2n) is 4.96. The number of benzene rings is 1. The van der Waals surface area contributed by atoms with Gasteiger partial charge in [-0.25, -0.2) is 13.1 Å². The van der Waals surface area contributed by atoms with Gasteiger partial charge in [-0.2, -0.15) is 0 Å². The van der Waals surface area contributed by atoms with E-state index in [0.29, 0.717) is 0 Å². The third-order valence-corrected chi connectivity index (χ3v) is 4.82. The predicted octanol–water partition coefficient (Wildman–Crippen LogP) is 1.08. The fourth-order valence-corrected chi connectivity index (χ4v) is 3.09. The van der Waals surface area contributed by atoms with Crippen LogP contribution in [0.1, 0.15) is 18.9 Å². The predicted molar refractivity (Wildman–Crippen MR) is 78.9 cm³/mol. The molecular weight excluding hydrogens is 310 g/mol. The summed E-state index contributed by atoms with van der Waals surface area (Å²) in [5.74, 6) is -5.09. The van der Waals surface area contributed by atoms with Crippen LogP contribution in [0.3, 0.4) is 0 Å². The van der Waals surface area contributed by atoms with E-state index in [2.05, 4.69) is 4.72 Å². The molecule has 0 radical (unpaired) electrons. The van der Waals surface area contributed by atoms with Gasteiger partial charge in [-0.1, -0.05) is 24.6 Å². The maximum Gasteiger partial charge on any atom is 0.308 e. The minimum absolute atomic E-state index is 0.00520. The van der Waals surface area contributed by atoms with E-state index in [-0.39, 0.29) is 11.3 Å². The average molecular weight is 329 g/mol. The zero-order chi connectivity index (χ0) is 16.9. The highest BCUT2D eigenvalue weighted by molar-refractivity contribution is 7.89. The van der Waals surface area contributed by atoms with Gasteiger partial charge in [0.05, 0.1) is 16.7 Å². The average Bonchev–Trinajstić information content (AvgIpc) is 2.43. The van der Waals surface area contributed by atoms with Gasteiger partial charge in [-0.15, -0.1) is 0 Å². The molecule has 22 heavy (non-hydrogen) atoms. The first-order valence-electron chi connectivity index (χ1n) is 6.71. The highest BCUT2D eigenvalue weighted by Gasteiger charge is 2.33. The molecule has 3 N–H and O–H groups in total. The largest absolute Gasteiger partial charge is 0.481 e. The van der Waals surface area contributed by atoms with E-state index in [1.807, 2.05) is 6.92 Å². The summed E-state index contributed by atoms with van der Waals surface area (Å²) >= 11 is 0. The lowest BCUT2D eigenvalue weighted by atomic mass is 9.90. The number of hydrogen-bond acceptors (Lipinski definition) is 4. The smallest absolute Gasteiger partial charge is 0.308 e. The van der Waals surface area contributed by atoms with Gasteiger partial charge in [0, 0.05) is 6.54 Å². The monoisotopic (exact) mass is 329 g/mol. The molecule has 0 fully saturated rings. The SMILES string of the molecule is CC[C@H](C(=O)O)[C@@H](CNS(=O)(=O)c1ccc(C)cc1)C(=O)O. The Balaban J connectivity index is 2.90. The van der Waals surface area contributed by atoms with Gasteiger partial charge in [0.25, 0.3) is 0 Å². The first-order chi connectivity index (χ1) is 10.2. The quantitative estimate of drug-likeness (QED) is 0.656. The summed E-state index contributed by atoms with van der Waals surface area (Å²) in [6.45, 7) is 2.88. The third kappa shape index (κ3) is 4.54. The minimum Gasteiger partial charge on any atom is -0.481 e. The first kappa shape index (κ1) is 18.1. The van der Waals surface area contributed by atoms with Crippen LogP contribution in [0.4, 0.5) is 0 Å². The van der Waals surface area contributed by atoms with Gasteiger partial charge in [-0.05, 0) is 25.5 Å². The molecule has 0 aromatic heterocycles. The second kappa shape index (κ2) is 7.37. The third-order valence-electron chi connectivity index (χ3n) is 3.38. The standard InChI is InChI=1S/C14H19NO6S/c1-3-11(13(16)17)12(14(18)19)8-15-22(20,21)10-6-4-9(2)5-7-10/h4-7,11-12,15H,3,8H2,1-2H3,(H,16,17)(H,18,19)/t11-,12+/m0/s1. The van der Waals surface area contributed by atoms with Crippen LogP contribution in [0.5, 0.6) is 0 Å². The summed E-state index contributed by atoms with van der Waals surface area (Å²) in [7, 11) is -3.88. The van der Waals surface area contributed by atoms with Crippen molar-refractivity contribution in [1.82, 2.24) is 4.72 Å². The van der Waals surface area contributed by atoms with Gasteiger partial charge >= 0.3 is 11.9 Å².